The van der Waals surface area contributed by atoms with Gasteiger partial charge in [0.1, 0.15) is 6.61 Å². The van der Waals surface area contributed by atoms with Crippen LogP contribution in [0.5, 0.6) is 0 Å². The van der Waals surface area contributed by atoms with E-state index in [1.807, 2.05) is 37.4 Å². The molecule has 0 saturated carbocycles. The molecule has 0 aliphatic carbocycles. The minimum Gasteiger partial charge on any atom is -0.445 e. The van der Waals surface area contributed by atoms with Gasteiger partial charge in [-0.2, -0.15) is 0 Å². The minimum atomic E-state index is -0.359. The highest BCUT2D eigenvalue weighted by atomic mass is 19.1. The normalized spacial score (nSPS) is 19.9. The number of carbonyl (C=O) groups is 1. The first-order chi connectivity index (χ1) is 9.70. The van der Waals surface area contributed by atoms with Crippen molar-refractivity contribution < 1.29 is 13.9 Å². The highest BCUT2D eigenvalue weighted by Crippen LogP contribution is 2.13. The Labute approximate surface area is 119 Å². The van der Waals surface area contributed by atoms with Crippen molar-refractivity contribution in [1.82, 2.24) is 9.80 Å². The summed E-state index contributed by atoms with van der Waals surface area (Å²) in [6.45, 7) is 1.84. The van der Waals surface area contributed by atoms with Crippen molar-refractivity contribution in [3.8, 4) is 0 Å². The molecule has 1 aliphatic rings. The predicted molar refractivity (Wildman–Crippen MR) is 75.2 cm³/mol. The van der Waals surface area contributed by atoms with Gasteiger partial charge in [0.2, 0.25) is 0 Å². The van der Waals surface area contributed by atoms with E-state index in [4.69, 9.17) is 4.74 Å². The van der Waals surface area contributed by atoms with Crippen molar-refractivity contribution >= 4 is 6.09 Å². The van der Waals surface area contributed by atoms with Gasteiger partial charge in [-0.05, 0) is 19.0 Å². The molecule has 0 spiro atoms. The van der Waals surface area contributed by atoms with E-state index in [-0.39, 0.29) is 25.4 Å². The van der Waals surface area contributed by atoms with E-state index in [0.717, 1.165) is 12.1 Å². The second kappa shape index (κ2) is 7.24. The van der Waals surface area contributed by atoms with Gasteiger partial charge in [-0.3, -0.25) is 9.29 Å². The molecule has 20 heavy (non-hydrogen) atoms. The summed E-state index contributed by atoms with van der Waals surface area (Å²) in [7, 11) is 1.97. The molecule has 1 atom stereocenters. The average molecular weight is 280 g/mol. The Kier molecular flexibility index (Phi) is 5.35. The summed E-state index contributed by atoms with van der Waals surface area (Å²) >= 11 is 0. The Hall–Kier alpha value is -1.62. The average Bonchev–Trinajstić information content (AvgIpc) is 2.48. The van der Waals surface area contributed by atoms with Crippen LogP contribution in [-0.2, 0) is 11.3 Å². The van der Waals surface area contributed by atoms with E-state index in [0.29, 0.717) is 19.5 Å². The van der Waals surface area contributed by atoms with Crippen LogP contribution < -0.4 is 0 Å². The maximum atomic E-state index is 12.5. The Bertz CT molecular complexity index is 427. The number of hydrogen-bond donors (Lipinski definition) is 0. The zero-order valence-electron chi connectivity index (χ0n) is 11.8. The molecule has 1 fully saturated rings. The van der Waals surface area contributed by atoms with Gasteiger partial charge in [-0.1, -0.05) is 30.3 Å². The van der Waals surface area contributed by atoms with Crippen LogP contribution in [0.3, 0.4) is 0 Å². The zero-order valence-corrected chi connectivity index (χ0v) is 11.8. The molecule has 1 aliphatic heterocycles. The first-order valence-corrected chi connectivity index (χ1v) is 6.92. The maximum Gasteiger partial charge on any atom is 0.410 e. The monoisotopic (exact) mass is 280 g/mol. The van der Waals surface area contributed by atoms with Gasteiger partial charge in [0.05, 0.1) is 6.67 Å². The van der Waals surface area contributed by atoms with Crippen molar-refractivity contribution in [1.29, 1.82) is 0 Å². The summed E-state index contributed by atoms with van der Waals surface area (Å²) in [6, 6.07) is 9.67. The van der Waals surface area contributed by atoms with Crippen LogP contribution in [0.15, 0.2) is 30.3 Å². The molecule has 1 unspecified atom stereocenters. The maximum absolute atomic E-state index is 12.5. The smallest absolute Gasteiger partial charge is 0.410 e. The van der Waals surface area contributed by atoms with Crippen LogP contribution in [-0.4, -0.2) is 55.3 Å². The number of hydrogen-bond acceptors (Lipinski definition) is 3. The SMILES string of the molecule is CN1CCN(C(=O)OCc2ccccc2)CC1CCF. The molecule has 2 rings (SSSR count). The van der Waals surface area contributed by atoms with Crippen LogP contribution in [0.1, 0.15) is 12.0 Å². The Balaban J connectivity index is 1.83. The zero-order chi connectivity index (χ0) is 14.4. The summed E-state index contributed by atoms with van der Waals surface area (Å²) < 4.78 is 17.8. The molecule has 5 heteroatoms. The topological polar surface area (TPSA) is 32.8 Å². The molecule has 0 radical (unpaired) electrons. The van der Waals surface area contributed by atoms with E-state index in [1.54, 1.807) is 4.90 Å². The molecule has 1 amide bonds. The van der Waals surface area contributed by atoms with Crippen molar-refractivity contribution in [2.75, 3.05) is 33.4 Å². The number of nitrogens with zero attached hydrogens (tertiary/aromatic N) is 2. The van der Waals surface area contributed by atoms with E-state index in [9.17, 15) is 9.18 Å². The highest BCUT2D eigenvalue weighted by Gasteiger charge is 2.27. The van der Waals surface area contributed by atoms with Gasteiger partial charge in [-0.15, -0.1) is 0 Å². The minimum absolute atomic E-state index is 0.0815. The molecule has 1 aromatic rings. The Morgan fingerprint density at radius 1 is 1.35 bits per heavy atom. The van der Waals surface area contributed by atoms with Crippen LogP contribution >= 0.6 is 0 Å². The summed E-state index contributed by atoms with van der Waals surface area (Å²) in [5.41, 5.74) is 0.968. The van der Waals surface area contributed by atoms with Gasteiger partial charge in [0, 0.05) is 25.7 Å². The van der Waals surface area contributed by atoms with Gasteiger partial charge in [-0.25, -0.2) is 4.79 Å². The predicted octanol–water partition coefficient (Wildman–Crippen LogP) is 2.30. The van der Waals surface area contributed by atoms with Crippen molar-refractivity contribution in [3.63, 3.8) is 0 Å². The number of likely N-dealkylation sites (N-methyl/N-ethyl adjacent to an activating group) is 1. The number of carbonyl (C=O) groups excluding carboxylic acids is 1. The van der Waals surface area contributed by atoms with Gasteiger partial charge < -0.3 is 9.64 Å². The van der Waals surface area contributed by atoms with E-state index in [2.05, 4.69) is 4.90 Å². The van der Waals surface area contributed by atoms with Gasteiger partial charge in [0.25, 0.3) is 0 Å². The molecule has 1 saturated heterocycles. The van der Waals surface area contributed by atoms with E-state index >= 15 is 0 Å². The Morgan fingerprint density at radius 3 is 2.80 bits per heavy atom. The van der Waals surface area contributed by atoms with Gasteiger partial charge in [0.15, 0.2) is 0 Å². The summed E-state index contributed by atoms with van der Waals surface area (Å²) in [5, 5.41) is 0. The Morgan fingerprint density at radius 2 is 2.10 bits per heavy atom. The summed E-state index contributed by atoms with van der Waals surface area (Å²) in [4.78, 5) is 15.8. The third-order valence-corrected chi connectivity index (χ3v) is 3.68. The van der Waals surface area contributed by atoms with Crippen molar-refractivity contribution in [2.45, 2.75) is 19.1 Å². The number of alkyl halides is 1. The summed E-state index contributed by atoms with van der Waals surface area (Å²) in [5.74, 6) is 0. The third-order valence-electron chi connectivity index (χ3n) is 3.68. The molecule has 0 bridgehead atoms. The molecule has 0 N–H and O–H groups in total. The second-order valence-electron chi connectivity index (χ2n) is 5.10. The van der Waals surface area contributed by atoms with Crippen LogP contribution in [0.4, 0.5) is 9.18 Å². The second-order valence-corrected chi connectivity index (χ2v) is 5.10. The molecule has 4 nitrogen and oxygen atoms in total. The highest BCUT2D eigenvalue weighted by molar-refractivity contribution is 5.67. The number of rotatable bonds is 4. The molecular formula is C15H21FN2O2. The van der Waals surface area contributed by atoms with Gasteiger partial charge >= 0.3 is 6.09 Å². The van der Waals surface area contributed by atoms with Crippen LogP contribution in [0, 0.1) is 0 Å². The molecule has 1 aromatic carbocycles. The molecular weight excluding hydrogens is 259 g/mol. The lowest BCUT2D eigenvalue weighted by molar-refractivity contribution is 0.0528. The molecule has 110 valence electrons. The molecule has 0 aromatic heterocycles. The summed E-state index contributed by atoms with van der Waals surface area (Å²) in [6.07, 6.45) is 0.143. The first kappa shape index (κ1) is 14.8. The number of ether oxygens (including phenoxy) is 1. The first-order valence-electron chi connectivity index (χ1n) is 6.92. The third kappa shape index (κ3) is 3.93. The lowest BCUT2D eigenvalue weighted by Gasteiger charge is -2.38. The fourth-order valence-corrected chi connectivity index (χ4v) is 2.36. The largest absolute Gasteiger partial charge is 0.445 e. The fourth-order valence-electron chi connectivity index (χ4n) is 2.36. The standard InChI is InChI=1S/C15H21FN2O2/c1-17-9-10-18(11-14(17)7-8-16)15(19)20-12-13-5-3-2-4-6-13/h2-6,14H,7-12H2,1H3. The van der Waals surface area contributed by atoms with Crippen LogP contribution in [0.25, 0.3) is 0 Å². The molecule has 1 heterocycles. The number of benzene rings is 1. The number of amides is 1. The fraction of sp³-hybridized carbons (Fsp3) is 0.533. The van der Waals surface area contributed by atoms with E-state index in [1.165, 1.54) is 0 Å². The number of halogens is 1. The lowest BCUT2D eigenvalue weighted by atomic mass is 10.1. The quantitative estimate of drug-likeness (QED) is 0.848. The van der Waals surface area contributed by atoms with Crippen molar-refractivity contribution in [3.05, 3.63) is 35.9 Å². The number of piperazine rings is 1. The lowest BCUT2D eigenvalue weighted by Crippen LogP contribution is -2.53. The van der Waals surface area contributed by atoms with Crippen molar-refractivity contribution in [2.24, 2.45) is 0 Å². The van der Waals surface area contributed by atoms with E-state index < -0.39 is 0 Å². The van der Waals surface area contributed by atoms with Crippen LogP contribution in [0.2, 0.25) is 0 Å².